The number of benzene rings is 1. The number of amides is 1. The standard InChI is InChI=1S/C17H23ClN2O3S/c1-13-2-3-14(12-16(13)18)17(21)20-6-4-15(5-7-20)19-8-10-24(22,23)11-9-19/h2-3,12,15H,4-11H2,1H3. The summed E-state index contributed by atoms with van der Waals surface area (Å²) in [5.74, 6) is 0.540. The first-order chi connectivity index (χ1) is 11.4. The molecule has 1 aromatic rings. The predicted molar refractivity (Wildman–Crippen MR) is 95.3 cm³/mol. The number of carbonyl (C=O) groups is 1. The molecule has 0 aliphatic carbocycles. The monoisotopic (exact) mass is 370 g/mol. The van der Waals surface area contributed by atoms with Crippen molar-refractivity contribution >= 4 is 27.3 Å². The maximum atomic E-state index is 12.6. The molecule has 0 unspecified atom stereocenters. The molecule has 1 amide bonds. The van der Waals surface area contributed by atoms with Crippen LogP contribution in [0.2, 0.25) is 5.02 Å². The number of hydrogen-bond acceptors (Lipinski definition) is 4. The molecule has 132 valence electrons. The van der Waals surface area contributed by atoms with Crippen molar-refractivity contribution in [3.8, 4) is 0 Å². The molecule has 0 bridgehead atoms. The Morgan fingerprint density at radius 3 is 2.33 bits per heavy atom. The Morgan fingerprint density at radius 2 is 1.75 bits per heavy atom. The molecular weight excluding hydrogens is 348 g/mol. The number of likely N-dealkylation sites (tertiary alicyclic amines) is 1. The molecule has 5 nitrogen and oxygen atoms in total. The number of sulfone groups is 1. The van der Waals surface area contributed by atoms with Gasteiger partial charge in [0, 0.05) is 42.8 Å². The molecule has 0 N–H and O–H groups in total. The largest absolute Gasteiger partial charge is 0.339 e. The fourth-order valence-electron chi connectivity index (χ4n) is 3.43. The van der Waals surface area contributed by atoms with E-state index in [1.54, 1.807) is 6.07 Å². The van der Waals surface area contributed by atoms with Crippen LogP contribution in [0.25, 0.3) is 0 Å². The second-order valence-corrected chi connectivity index (χ2v) is 9.39. The topological polar surface area (TPSA) is 57.7 Å². The maximum Gasteiger partial charge on any atom is 0.253 e. The third-order valence-electron chi connectivity index (χ3n) is 5.07. The number of rotatable bonds is 2. The molecule has 7 heteroatoms. The molecule has 2 heterocycles. The molecular formula is C17H23ClN2O3S. The van der Waals surface area contributed by atoms with Gasteiger partial charge in [-0.05, 0) is 37.5 Å². The first kappa shape index (κ1) is 17.7. The smallest absolute Gasteiger partial charge is 0.253 e. The SMILES string of the molecule is Cc1ccc(C(=O)N2CCC(N3CCS(=O)(=O)CC3)CC2)cc1Cl. The Morgan fingerprint density at radius 1 is 1.12 bits per heavy atom. The van der Waals surface area contributed by atoms with Gasteiger partial charge in [-0.15, -0.1) is 0 Å². The molecule has 0 radical (unpaired) electrons. The molecule has 2 saturated heterocycles. The minimum absolute atomic E-state index is 0.0246. The van der Waals surface area contributed by atoms with E-state index in [2.05, 4.69) is 4.90 Å². The van der Waals surface area contributed by atoms with Gasteiger partial charge >= 0.3 is 0 Å². The van der Waals surface area contributed by atoms with E-state index in [0.717, 1.165) is 18.4 Å². The third-order valence-corrected chi connectivity index (χ3v) is 7.08. The summed E-state index contributed by atoms with van der Waals surface area (Å²) in [4.78, 5) is 16.7. The highest BCUT2D eigenvalue weighted by atomic mass is 35.5. The van der Waals surface area contributed by atoms with Gasteiger partial charge in [-0.3, -0.25) is 9.69 Å². The second-order valence-electron chi connectivity index (χ2n) is 6.68. The van der Waals surface area contributed by atoms with Crippen LogP contribution in [-0.4, -0.2) is 67.9 Å². The van der Waals surface area contributed by atoms with Crippen LogP contribution in [0.1, 0.15) is 28.8 Å². The summed E-state index contributed by atoms with van der Waals surface area (Å²) in [5.41, 5.74) is 1.60. The first-order valence-corrected chi connectivity index (χ1v) is 10.6. The highest BCUT2D eigenvalue weighted by molar-refractivity contribution is 7.91. The minimum atomic E-state index is -2.84. The normalized spacial score (nSPS) is 22.5. The predicted octanol–water partition coefficient (Wildman–Crippen LogP) is 1.98. The van der Waals surface area contributed by atoms with Crippen LogP contribution in [0.15, 0.2) is 18.2 Å². The van der Waals surface area contributed by atoms with Gasteiger partial charge in [-0.2, -0.15) is 0 Å². The summed E-state index contributed by atoms with van der Waals surface area (Å²) in [6.07, 6.45) is 1.79. The van der Waals surface area contributed by atoms with Crippen molar-refractivity contribution in [2.75, 3.05) is 37.7 Å². The lowest BCUT2D eigenvalue weighted by Crippen LogP contribution is -2.51. The quantitative estimate of drug-likeness (QED) is 0.798. The number of carbonyl (C=O) groups excluding carboxylic acids is 1. The van der Waals surface area contributed by atoms with Gasteiger partial charge in [0.15, 0.2) is 9.84 Å². The van der Waals surface area contributed by atoms with Crippen LogP contribution in [0, 0.1) is 6.92 Å². The summed E-state index contributed by atoms with van der Waals surface area (Å²) >= 11 is 6.12. The van der Waals surface area contributed by atoms with Crippen molar-refractivity contribution in [3.63, 3.8) is 0 Å². The Labute approximate surface area is 148 Å². The van der Waals surface area contributed by atoms with Crippen LogP contribution in [-0.2, 0) is 9.84 Å². The van der Waals surface area contributed by atoms with E-state index in [9.17, 15) is 13.2 Å². The lowest BCUT2D eigenvalue weighted by atomic mass is 10.0. The number of piperidine rings is 1. The van der Waals surface area contributed by atoms with E-state index in [4.69, 9.17) is 11.6 Å². The Kier molecular flexibility index (Phi) is 5.18. The molecule has 2 aliphatic heterocycles. The van der Waals surface area contributed by atoms with Crippen LogP contribution in [0.4, 0.5) is 0 Å². The average Bonchev–Trinajstić information content (AvgIpc) is 2.57. The zero-order valence-corrected chi connectivity index (χ0v) is 15.4. The van der Waals surface area contributed by atoms with Crippen molar-refractivity contribution in [3.05, 3.63) is 34.3 Å². The lowest BCUT2D eigenvalue weighted by Gasteiger charge is -2.40. The second kappa shape index (κ2) is 7.02. The molecule has 0 aromatic heterocycles. The summed E-state index contributed by atoms with van der Waals surface area (Å²) < 4.78 is 23.1. The zero-order valence-electron chi connectivity index (χ0n) is 13.9. The van der Waals surface area contributed by atoms with Crippen molar-refractivity contribution in [2.24, 2.45) is 0 Å². The summed E-state index contributed by atoms with van der Waals surface area (Å²) in [5, 5.41) is 0.616. The van der Waals surface area contributed by atoms with Crippen LogP contribution in [0.3, 0.4) is 0 Å². The van der Waals surface area contributed by atoms with Gasteiger partial charge in [0.25, 0.3) is 5.91 Å². The molecule has 1 aromatic carbocycles. The molecule has 0 saturated carbocycles. The van der Waals surface area contributed by atoms with Gasteiger partial charge in [0.05, 0.1) is 11.5 Å². The lowest BCUT2D eigenvalue weighted by molar-refractivity contribution is 0.0629. The average molecular weight is 371 g/mol. The Balaban J connectivity index is 1.57. The highest BCUT2D eigenvalue weighted by Gasteiger charge is 2.31. The fourth-order valence-corrected chi connectivity index (χ4v) is 4.84. The third kappa shape index (κ3) is 3.92. The van der Waals surface area contributed by atoms with Gasteiger partial charge in [-0.25, -0.2) is 8.42 Å². The van der Waals surface area contributed by atoms with Crippen molar-refractivity contribution in [2.45, 2.75) is 25.8 Å². The van der Waals surface area contributed by atoms with Crippen LogP contribution in [0.5, 0.6) is 0 Å². The highest BCUT2D eigenvalue weighted by Crippen LogP contribution is 2.22. The number of aryl methyl sites for hydroxylation is 1. The molecule has 24 heavy (non-hydrogen) atoms. The molecule has 2 fully saturated rings. The van der Waals surface area contributed by atoms with E-state index in [0.29, 0.717) is 42.8 Å². The van der Waals surface area contributed by atoms with E-state index >= 15 is 0 Å². The number of hydrogen-bond donors (Lipinski definition) is 0. The van der Waals surface area contributed by atoms with E-state index in [1.807, 2.05) is 24.0 Å². The van der Waals surface area contributed by atoms with Gasteiger partial charge in [-0.1, -0.05) is 17.7 Å². The van der Waals surface area contributed by atoms with Crippen molar-refractivity contribution < 1.29 is 13.2 Å². The molecule has 0 spiro atoms. The minimum Gasteiger partial charge on any atom is -0.339 e. The summed E-state index contributed by atoms with van der Waals surface area (Å²) in [7, 11) is -2.84. The number of nitrogens with zero attached hydrogens (tertiary/aromatic N) is 2. The fraction of sp³-hybridized carbons (Fsp3) is 0.588. The maximum absolute atomic E-state index is 12.6. The van der Waals surface area contributed by atoms with E-state index in [1.165, 1.54) is 0 Å². The molecule has 3 rings (SSSR count). The Hall–Kier alpha value is -1.11. The van der Waals surface area contributed by atoms with E-state index in [-0.39, 0.29) is 17.4 Å². The van der Waals surface area contributed by atoms with Gasteiger partial charge < -0.3 is 4.90 Å². The van der Waals surface area contributed by atoms with Crippen molar-refractivity contribution in [1.29, 1.82) is 0 Å². The van der Waals surface area contributed by atoms with Crippen LogP contribution >= 0.6 is 11.6 Å². The summed E-state index contributed by atoms with van der Waals surface area (Å²) in [6, 6.07) is 5.81. The van der Waals surface area contributed by atoms with Gasteiger partial charge in [0.2, 0.25) is 0 Å². The summed E-state index contributed by atoms with van der Waals surface area (Å²) in [6.45, 7) is 4.57. The van der Waals surface area contributed by atoms with Gasteiger partial charge in [0.1, 0.15) is 0 Å². The van der Waals surface area contributed by atoms with Crippen LogP contribution < -0.4 is 0 Å². The molecule has 0 atom stereocenters. The van der Waals surface area contributed by atoms with E-state index < -0.39 is 9.84 Å². The Bertz CT molecular complexity index is 713. The number of halogens is 1. The van der Waals surface area contributed by atoms with Crippen molar-refractivity contribution in [1.82, 2.24) is 9.80 Å². The zero-order chi connectivity index (χ0) is 17.3. The first-order valence-electron chi connectivity index (χ1n) is 8.36. The molecule has 2 aliphatic rings.